The van der Waals surface area contributed by atoms with Gasteiger partial charge in [0.05, 0.1) is 19.6 Å². The molecule has 4 heteroatoms. The van der Waals surface area contributed by atoms with Crippen LogP contribution in [0.1, 0.15) is 6.42 Å². The third kappa shape index (κ3) is 3.42. The molecule has 0 aromatic carbocycles. The van der Waals surface area contributed by atoms with E-state index < -0.39 is 0 Å². The van der Waals surface area contributed by atoms with Crippen molar-refractivity contribution in [3.63, 3.8) is 0 Å². The number of carbonyl (C=O) groups excluding carboxylic acids is 1. The van der Waals surface area contributed by atoms with Crippen molar-refractivity contribution in [2.24, 2.45) is 5.73 Å². The Kier molecular flexibility index (Phi) is 4.88. The minimum absolute atomic E-state index is 0.215. The van der Waals surface area contributed by atoms with Gasteiger partial charge in [-0.15, -0.1) is 0 Å². The van der Waals surface area contributed by atoms with Gasteiger partial charge < -0.3 is 15.2 Å². The average Bonchev–Trinajstić information content (AvgIpc) is 1.99. The first-order chi connectivity index (χ1) is 4.74. The van der Waals surface area contributed by atoms with E-state index in [0.29, 0.717) is 6.54 Å². The molecule has 0 radical (unpaired) electrons. The summed E-state index contributed by atoms with van der Waals surface area (Å²) in [4.78, 5) is 10.6. The quantitative estimate of drug-likeness (QED) is 0.546. The molecule has 0 aliphatic carbocycles. The van der Waals surface area contributed by atoms with Crippen LogP contribution >= 0.6 is 0 Å². The maximum absolute atomic E-state index is 10.6. The van der Waals surface area contributed by atoms with Crippen molar-refractivity contribution in [3.8, 4) is 0 Å². The van der Waals surface area contributed by atoms with Crippen LogP contribution in [0, 0.1) is 0 Å². The fourth-order valence-corrected chi connectivity index (χ4v) is 0.532. The number of carbonyl (C=O) groups is 1. The summed E-state index contributed by atoms with van der Waals surface area (Å²) in [5.41, 5.74) is 5.25. The van der Waals surface area contributed by atoms with Gasteiger partial charge in [0.25, 0.3) is 0 Å². The molecule has 0 heterocycles. The molecule has 0 aliphatic rings. The Morgan fingerprint density at radius 3 is 2.50 bits per heavy atom. The van der Waals surface area contributed by atoms with E-state index in [2.05, 4.69) is 4.74 Å². The van der Waals surface area contributed by atoms with Gasteiger partial charge in [-0.1, -0.05) is 0 Å². The summed E-state index contributed by atoms with van der Waals surface area (Å²) in [5, 5.41) is 0. The van der Waals surface area contributed by atoms with Gasteiger partial charge in [0, 0.05) is 13.7 Å². The van der Waals surface area contributed by atoms with Gasteiger partial charge in [-0.2, -0.15) is 0 Å². The number of esters is 1. The van der Waals surface area contributed by atoms with Crippen LogP contribution in [0.3, 0.4) is 0 Å². The van der Waals surface area contributed by atoms with Gasteiger partial charge in [-0.3, -0.25) is 4.79 Å². The van der Waals surface area contributed by atoms with Crippen molar-refractivity contribution in [1.82, 2.24) is 0 Å². The number of methoxy groups -OCH3 is 2. The van der Waals surface area contributed by atoms with E-state index in [1.54, 1.807) is 0 Å². The van der Waals surface area contributed by atoms with Gasteiger partial charge in [-0.25, -0.2) is 0 Å². The lowest BCUT2D eigenvalue weighted by molar-refractivity contribution is -0.143. The van der Waals surface area contributed by atoms with Crippen molar-refractivity contribution >= 4 is 5.97 Å². The maximum Gasteiger partial charge on any atom is 0.308 e. The van der Waals surface area contributed by atoms with Crippen molar-refractivity contribution in [2.45, 2.75) is 12.5 Å². The van der Waals surface area contributed by atoms with E-state index in [9.17, 15) is 4.79 Å². The second-order valence-electron chi connectivity index (χ2n) is 1.87. The third-order valence-corrected chi connectivity index (χ3v) is 1.22. The number of hydrogen-bond acceptors (Lipinski definition) is 4. The number of nitrogens with two attached hydrogens (primary N) is 1. The van der Waals surface area contributed by atoms with Crippen LogP contribution in [-0.4, -0.2) is 32.8 Å². The molecule has 0 rings (SSSR count). The van der Waals surface area contributed by atoms with Gasteiger partial charge in [0.15, 0.2) is 0 Å². The molecule has 0 spiro atoms. The van der Waals surface area contributed by atoms with Gasteiger partial charge in [0.1, 0.15) is 0 Å². The summed E-state index contributed by atoms with van der Waals surface area (Å²) >= 11 is 0. The van der Waals surface area contributed by atoms with E-state index in [-0.39, 0.29) is 18.5 Å². The van der Waals surface area contributed by atoms with Gasteiger partial charge >= 0.3 is 5.97 Å². The number of rotatable bonds is 4. The first kappa shape index (κ1) is 9.39. The minimum atomic E-state index is -0.294. The molecule has 0 bridgehead atoms. The minimum Gasteiger partial charge on any atom is -0.469 e. The average molecular weight is 147 g/mol. The van der Waals surface area contributed by atoms with E-state index >= 15 is 0 Å². The Bertz CT molecular complexity index is 101. The van der Waals surface area contributed by atoms with E-state index in [1.165, 1.54) is 14.2 Å². The van der Waals surface area contributed by atoms with Crippen molar-refractivity contribution in [3.05, 3.63) is 0 Å². The Morgan fingerprint density at radius 1 is 1.60 bits per heavy atom. The largest absolute Gasteiger partial charge is 0.469 e. The molecular formula is C6H13NO3. The molecule has 10 heavy (non-hydrogen) atoms. The predicted octanol–water partition coefficient (Wildman–Crippen LogP) is -0.477. The normalized spacial score (nSPS) is 12.7. The first-order valence-electron chi connectivity index (χ1n) is 3.04. The Hall–Kier alpha value is -0.610. The zero-order valence-electron chi connectivity index (χ0n) is 6.29. The highest BCUT2D eigenvalue weighted by atomic mass is 16.5. The van der Waals surface area contributed by atoms with Gasteiger partial charge in [-0.05, 0) is 0 Å². The monoisotopic (exact) mass is 147 g/mol. The highest BCUT2D eigenvalue weighted by Gasteiger charge is 2.10. The Labute approximate surface area is 60.3 Å². The number of hydrogen-bond donors (Lipinski definition) is 1. The molecule has 4 nitrogen and oxygen atoms in total. The summed E-state index contributed by atoms with van der Waals surface area (Å²) in [7, 11) is 2.85. The smallest absolute Gasteiger partial charge is 0.308 e. The summed E-state index contributed by atoms with van der Waals surface area (Å²) in [6.07, 6.45) is 0.0104. The molecule has 0 unspecified atom stereocenters. The Morgan fingerprint density at radius 2 is 2.20 bits per heavy atom. The van der Waals surface area contributed by atoms with Crippen LogP contribution in [0.5, 0.6) is 0 Å². The molecule has 0 aromatic heterocycles. The lowest BCUT2D eigenvalue weighted by Gasteiger charge is -2.09. The molecule has 60 valence electrons. The zero-order valence-corrected chi connectivity index (χ0v) is 6.29. The fourth-order valence-electron chi connectivity index (χ4n) is 0.532. The van der Waals surface area contributed by atoms with Crippen molar-refractivity contribution in [2.75, 3.05) is 20.8 Å². The summed E-state index contributed by atoms with van der Waals surface area (Å²) in [6, 6.07) is 0. The topological polar surface area (TPSA) is 61.5 Å². The zero-order chi connectivity index (χ0) is 7.98. The highest BCUT2D eigenvalue weighted by molar-refractivity contribution is 5.69. The van der Waals surface area contributed by atoms with Gasteiger partial charge in [0.2, 0.25) is 0 Å². The highest BCUT2D eigenvalue weighted by Crippen LogP contribution is 1.95. The summed E-state index contributed by atoms with van der Waals surface area (Å²) in [5.74, 6) is -0.294. The molecular weight excluding hydrogens is 134 g/mol. The molecule has 0 aromatic rings. The van der Waals surface area contributed by atoms with E-state index in [1.807, 2.05) is 0 Å². The summed E-state index contributed by atoms with van der Waals surface area (Å²) in [6.45, 7) is 0.339. The molecule has 0 saturated heterocycles. The first-order valence-corrected chi connectivity index (χ1v) is 3.04. The molecule has 0 amide bonds. The maximum atomic E-state index is 10.6. The van der Waals surface area contributed by atoms with Crippen LogP contribution in [-0.2, 0) is 14.3 Å². The standard InChI is InChI=1S/C6H13NO3/c1-9-5(4-7)3-6(8)10-2/h5H,3-4,7H2,1-2H3/t5-/m0/s1. The Balaban J connectivity index is 3.52. The van der Waals surface area contributed by atoms with Crippen molar-refractivity contribution in [1.29, 1.82) is 0 Å². The SMILES string of the molecule is COC(=O)C[C@@H](CN)OC. The lowest BCUT2D eigenvalue weighted by Crippen LogP contribution is -2.25. The van der Waals surface area contributed by atoms with Crippen LogP contribution < -0.4 is 5.73 Å². The molecule has 2 N–H and O–H groups in total. The predicted molar refractivity (Wildman–Crippen MR) is 36.5 cm³/mol. The summed E-state index contributed by atoms with van der Waals surface area (Å²) < 4.78 is 9.26. The second kappa shape index (κ2) is 5.20. The van der Waals surface area contributed by atoms with E-state index in [4.69, 9.17) is 10.5 Å². The van der Waals surface area contributed by atoms with E-state index in [0.717, 1.165) is 0 Å². The fraction of sp³-hybridized carbons (Fsp3) is 0.833. The molecule has 0 saturated carbocycles. The van der Waals surface area contributed by atoms with Crippen LogP contribution in [0.2, 0.25) is 0 Å². The van der Waals surface area contributed by atoms with Crippen LogP contribution in [0.15, 0.2) is 0 Å². The number of ether oxygens (including phenoxy) is 2. The lowest BCUT2D eigenvalue weighted by atomic mass is 10.2. The second-order valence-corrected chi connectivity index (χ2v) is 1.87. The van der Waals surface area contributed by atoms with Crippen molar-refractivity contribution < 1.29 is 14.3 Å². The van der Waals surface area contributed by atoms with Crippen LogP contribution in [0.25, 0.3) is 0 Å². The molecule has 0 fully saturated rings. The molecule has 0 aliphatic heterocycles. The molecule has 1 atom stereocenters. The third-order valence-electron chi connectivity index (χ3n) is 1.22. The van der Waals surface area contributed by atoms with Crippen LogP contribution in [0.4, 0.5) is 0 Å².